The van der Waals surface area contributed by atoms with Gasteiger partial charge < -0.3 is 34.7 Å². The van der Waals surface area contributed by atoms with Gasteiger partial charge in [0.15, 0.2) is 17.3 Å². The van der Waals surface area contributed by atoms with E-state index >= 15 is 0 Å². The number of hydrogen-bond donors (Lipinski definition) is 3. The Morgan fingerprint density at radius 3 is 2.48 bits per heavy atom. The Hall–Kier alpha value is -5.65. The molecule has 0 unspecified atom stereocenters. The van der Waals surface area contributed by atoms with Crippen molar-refractivity contribution < 1.29 is 28.6 Å². The zero-order valence-corrected chi connectivity index (χ0v) is 27.6. The van der Waals surface area contributed by atoms with Crippen molar-refractivity contribution in [2.24, 2.45) is 7.05 Å². The Morgan fingerprint density at radius 2 is 1.79 bits per heavy atom. The van der Waals surface area contributed by atoms with Crippen LogP contribution in [0.1, 0.15) is 59.5 Å². The van der Waals surface area contributed by atoms with Crippen LogP contribution in [0.15, 0.2) is 65.7 Å². The zero-order chi connectivity index (χ0) is 34.4. The number of benzene rings is 2. The summed E-state index contributed by atoms with van der Waals surface area (Å²) in [6.45, 7) is 1.81. The molecule has 3 N–H and O–H groups in total. The average Bonchev–Trinajstić information content (AvgIpc) is 3.37. The fraction of sp³-hybridized carbons (Fsp3) is 0.306. The molecule has 1 aromatic heterocycles. The van der Waals surface area contributed by atoms with Crippen molar-refractivity contribution in [2.75, 3.05) is 38.5 Å². The van der Waals surface area contributed by atoms with E-state index in [4.69, 9.17) is 14.2 Å². The Labute approximate surface area is 278 Å². The Morgan fingerprint density at radius 1 is 1.00 bits per heavy atom. The number of ether oxygens (including phenoxy) is 3. The van der Waals surface area contributed by atoms with Crippen molar-refractivity contribution in [1.82, 2.24) is 14.9 Å². The molecule has 1 atom stereocenters. The molecule has 0 spiro atoms. The van der Waals surface area contributed by atoms with Crippen LogP contribution < -0.4 is 35.6 Å². The molecule has 0 saturated heterocycles. The third kappa shape index (κ3) is 7.17. The van der Waals surface area contributed by atoms with E-state index in [9.17, 15) is 19.2 Å². The van der Waals surface area contributed by atoms with E-state index in [1.54, 1.807) is 74.6 Å². The highest BCUT2D eigenvalue weighted by Gasteiger charge is 2.29. The summed E-state index contributed by atoms with van der Waals surface area (Å²) in [5, 5.41) is 9.02. The lowest BCUT2D eigenvalue weighted by molar-refractivity contribution is -0.119. The molecule has 2 amide bonds. The lowest BCUT2D eigenvalue weighted by atomic mass is 9.95. The Balaban J connectivity index is 1.33. The third-order valence-corrected chi connectivity index (χ3v) is 8.24. The molecule has 0 radical (unpaired) electrons. The van der Waals surface area contributed by atoms with Gasteiger partial charge in [0.05, 0.1) is 33.1 Å². The maximum atomic E-state index is 13.5. The van der Waals surface area contributed by atoms with Crippen LogP contribution in [0.4, 0.5) is 11.4 Å². The minimum Gasteiger partial charge on any atom is -0.493 e. The summed E-state index contributed by atoms with van der Waals surface area (Å²) in [4.78, 5) is 55.4. The lowest BCUT2D eigenvalue weighted by Crippen LogP contribution is -2.26. The second-order valence-corrected chi connectivity index (χ2v) is 11.4. The van der Waals surface area contributed by atoms with Crippen molar-refractivity contribution >= 4 is 29.0 Å². The quantitative estimate of drug-likeness (QED) is 0.147. The van der Waals surface area contributed by atoms with Gasteiger partial charge in [-0.3, -0.25) is 19.2 Å². The third-order valence-electron chi connectivity index (χ3n) is 8.24. The molecular weight excluding hydrogens is 614 g/mol. The second kappa shape index (κ2) is 14.8. The number of amides is 2. The van der Waals surface area contributed by atoms with E-state index in [0.29, 0.717) is 71.4 Å². The number of aryl methyl sites for hydroxylation is 2. The molecule has 12 nitrogen and oxygen atoms in total. The van der Waals surface area contributed by atoms with Crippen molar-refractivity contribution in [3.63, 3.8) is 0 Å². The molecule has 250 valence electrons. The maximum absolute atomic E-state index is 13.5. The zero-order valence-electron chi connectivity index (χ0n) is 27.6. The van der Waals surface area contributed by atoms with Gasteiger partial charge in [0.1, 0.15) is 0 Å². The van der Waals surface area contributed by atoms with Gasteiger partial charge in [-0.05, 0) is 66.3 Å². The number of aromatic nitrogens is 2. The Bertz CT molecular complexity index is 1920. The molecule has 5 rings (SSSR count). The number of nitrogens with zero attached hydrogens (tertiary/aromatic N) is 2. The molecule has 3 aromatic carbocycles. The first kappa shape index (κ1) is 33.7. The number of ketones is 1. The van der Waals surface area contributed by atoms with E-state index in [2.05, 4.69) is 20.9 Å². The number of carbonyl (C=O) groups excluding carboxylic acids is 3. The standard InChI is InChI=1S/C36H39N5O7/c1-21(42)39-27-13-11-22-19-30(46-3)34(47-4)35(48-5)32(22)25-12-14-28(29(43)20-26(25)27)37-15-7-10-31(44)40-24-9-6-8-23(18-24)33(45)36-38-16-17-41(36)2/h6,8-9,12,14,16-20,27H,7,10-11,13,15H2,1-5H3,(H,37,43)(H,39,42)(H,40,44)/t27-/m0/s1. The smallest absolute Gasteiger partial charge is 0.228 e. The summed E-state index contributed by atoms with van der Waals surface area (Å²) in [7, 11) is 6.39. The SMILES string of the molecule is COc1cc2c(c(OC)c1OC)-c1ccc(NCCCC(=O)Nc3cccc(C(=O)c4nccn4C)c3)c(=O)cc1[C@@H](NC(C)=O)CC2. The summed E-state index contributed by atoms with van der Waals surface area (Å²) in [6.07, 6.45) is 5.03. The number of rotatable bonds is 12. The topological polar surface area (TPSA) is 150 Å². The van der Waals surface area contributed by atoms with E-state index in [1.807, 2.05) is 12.1 Å². The van der Waals surface area contributed by atoms with Crippen LogP contribution in [0.3, 0.4) is 0 Å². The van der Waals surface area contributed by atoms with Crippen LogP contribution in [0, 0.1) is 0 Å². The number of anilines is 2. The van der Waals surface area contributed by atoms with Crippen molar-refractivity contribution in [2.45, 2.75) is 38.6 Å². The number of carbonyl (C=O) groups is 3. The molecule has 1 aliphatic carbocycles. The normalized spacial score (nSPS) is 13.3. The minimum absolute atomic E-state index is 0.186. The first-order valence-corrected chi connectivity index (χ1v) is 15.6. The first-order chi connectivity index (χ1) is 23.1. The predicted octanol–water partition coefficient (Wildman–Crippen LogP) is 4.66. The van der Waals surface area contributed by atoms with Crippen molar-refractivity contribution in [3.05, 3.63) is 93.7 Å². The van der Waals surface area contributed by atoms with E-state index in [0.717, 1.165) is 16.7 Å². The minimum atomic E-state index is -0.416. The van der Waals surface area contributed by atoms with Crippen LogP contribution in [-0.4, -0.2) is 55.0 Å². The van der Waals surface area contributed by atoms with Gasteiger partial charge in [0, 0.05) is 56.1 Å². The molecule has 0 bridgehead atoms. The number of fused-ring (bicyclic) bond motifs is 3. The Kier molecular flexibility index (Phi) is 10.4. The molecule has 12 heteroatoms. The molecular formula is C36H39N5O7. The molecule has 48 heavy (non-hydrogen) atoms. The monoisotopic (exact) mass is 653 g/mol. The largest absolute Gasteiger partial charge is 0.493 e. The van der Waals surface area contributed by atoms with Gasteiger partial charge in [-0.15, -0.1) is 0 Å². The fourth-order valence-corrected chi connectivity index (χ4v) is 6.00. The van der Waals surface area contributed by atoms with Gasteiger partial charge in [-0.1, -0.05) is 18.2 Å². The molecule has 4 aromatic rings. The van der Waals surface area contributed by atoms with Gasteiger partial charge in [0.25, 0.3) is 0 Å². The predicted molar refractivity (Wildman–Crippen MR) is 182 cm³/mol. The van der Waals surface area contributed by atoms with Crippen molar-refractivity contribution in [1.29, 1.82) is 0 Å². The van der Waals surface area contributed by atoms with Gasteiger partial charge in [0.2, 0.25) is 28.8 Å². The number of nitrogens with one attached hydrogen (secondary N) is 3. The molecule has 0 fully saturated rings. The molecule has 0 aliphatic heterocycles. The lowest BCUT2D eigenvalue weighted by Gasteiger charge is -2.19. The summed E-state index contributed by atoms with van der Waals surface area (Å²) in [5.41, 5.74) is 4.11. The summed E-state index contributed by atoms with van der Waals surface area (Å²) >= 11 is 0. The van der Waals surface area contributed by atoms with Crippen LogP contribution >= 0.6 is 0 Å². The van der Waals surface area contributed by atoms with Gasteiger partial charge >= 0.3 is 0 Å². The highest BCUT2D eigenvalue weighted by molar-refractivity contribution is 6.07. The maximum Gasteiger partial charge on any atom is 0.228 e. The van der Waals surface area contributed by atoms with Crippen LogP contribution in [0.5, 0.6) is 17.2 Å². The van der Waals surface area contributed by atoms with Crippen LogP contribution in [0.2, 0.25) is 0 Å². The fourth-order valence-electron chi connectivity index (χ4n) is 6.00. The van der Waals surface area contributed by atoms with Crippen LogP contribution in [-0.2, 0) is 23.1 Å². The molecule has 1 aliphatic rings. The highest BCUT2D eigenvalue weighted by atomic mass is 16.5. The summed E-state index contributed by atoms with van der Waals surface area (Å²) in [5.74, 6) is 1.06. The van der Waals surface area contributed by atoms with E-state index in [1.165, 1.54) is 14.0 Å². The van der Waals surface area contributed by atoms with E-state index < -0.39 is 6.04 Å². The summed E-state index contributed by atoms with van der Waals surface area (Å²) in [6, 6.07) is 13.3. The second-order valence-electron chi connectivity index (χ2n) is 11.4. The van der Waals surface area contributed by atoms with Gasteiger partial charge in [-0.2, -0.15) is 0 Å². The van der Waals surface area contributed by atoms with E-state index in [-0.39, 0.29) is 29.4 Å². The van der Waals surface area contributed by atoms with Crippen LogP contribution in [0.25, 0.3) is 11.1 Å². The van der Waals surface area contributed by atoms with Gasteiger partial charge in [-0.25, -0.2) is 4.98 Å². The van der Waals surface area contributed by atoms with Crippen molar-refractivity contribution in [3.8, 4) is 28.4 Å². The average molecular weight is 654 g/mol. The molecule has 1 heterocycles. The number of methoxy groups -OCH3 is 3. The number of hydrogen-bond acceptors (Lipinski definition) is 9. The number of imidazole rings is 1. The summed E-state index contributed by atoms with van der Waals surface area (Å²) < 4.78 is 18.7. The highest BCUT2D eigenvalue weighted by Crippen LogP contribution is 2.50. The first-order valence-electron chi connectivity index (χ1n) is 15.6. The molecule has 0 saturated carbocycles.